The minimum absolute atomic E-state index is 0.00284. The van der Waals surface area contributed by atoms with E-state index in [1.54, 1.807) is 36.4 Å². The minimum atomic E-state index is -0.459. The Balaban J connectivity index is 1.43. The molecular formula is C26H21BrN2O6S. The number of hydrogen-bond acceptors (Lipinski definition) is 7. The van der Waals surface area contributed by atoms with Crippen molar-refractivity contribution in [1.82, 2.24) is 4.90 Å². The normalized spacial score (nSPS) is 14.4. The first-order valence-electron chi connectivity index (χ1n) is 10.9. The Bertz CT molecular complexity index is 1330. The Kier molecular flexibility index (Phi) is 8.07. The first-order chi connectivity index (χ1) is 17.3. The first kappa shape index (κ1) is 25.5. The van der Waals surface area contributed by atoms with Crippen molar-refractivity contribution in [1.29, 1.82) is 0 Å². The maximum Gasteiger partial charge on any atom is 0.293 e. The van der Waals surface area contributed by atoms with Gasteiger partial charge in [0.15, 0.2) is 0 Å². The monoisotopic (exact) mass is 568 g/mol. The van der Waals surface area contributed by atoms with E-state index in [2.05, 4.69) is 15.9 Å². The zero-order valence-corrected chi connectivity index (χ0v) is 21.6. The van der Waals surface area contributed by atoms with Crippen LogP contribution in [0.25, 0.3) is 6.08 Å². The summed E-state index contributed by atoms with van der Waals surface area (Å²) in [5.74, 6) is 0.789. The molecule has 1 heterocycles. The lowest BCUT2D eigenvalue weighted by Crippen LogP contribution is -2.32. The number of imide groups is 1. The summed E-state index contributed by atoms with van der Waals surface area (Å²) in [6.45, 7) is 2.48. The molecule has 4 rings (SSSR count). The molecule has 1 saturated heterocycles. The number of nitrogens with zero attached hydrogens (tertiary/aromatic N) is 2. The fraction of sp³-hybridized carbons (Fsp3) is 0.154. The molecule has 0 spiro atoms. The molecule has 1 aliphatic heterocycles. The SMILES string of the molecule is Cc1ccc(OCCN2C(=O)S/C(=C\c3cc(Br)ccc3OCc3ccc([N+](=O)[O-])cc3)C2=O)cc1. The summed E-state index contributed by atoms with van der Waals surface area (Å²) in [4.78, 5) is 37.2. The van der Waals surface area contributed by atoms with Crippen LogP contribution in [0, 0.1) is 17.0 Å². The van der Waals surface area contributed by atoms with E-state index in [0.717, 1.165) is 27.4 Å². The molecular weight excluding hydrogens is 548 g/mol. The van der Waals surface area contributed by atoms with Crippen molar-refractivity contribution in [3.05, 3.63) is 103 Å². The lowest BCUT2D eigenvalue weighted by atomic mass is 10.1. The number of carbonyl (C=O) groups is 2. The van der Waals surface area contributed by atoms with E-state index in [4.69, 9.17) is 9.47 Å². The highest BCUT2D eigenvalue weighted by Gasteiger charge is 2.35. The molecule has 0 unspecified atom stereocenters. The van der Waals surface area contributed by atoms with Crippen LogP contribution in [-0.2, 0) is 11.4 Å². The molecule has 0 radical (unpaired) electrons. The van der Waals surface area contributed by atoms with Crippen LogP contribution >= 0.6 is 27.7 Å². The average Bonchev–Trinajstić information content (AvgIpc) is 3.12. The quantitative estimate of drug-likeness (QED) is 0.168. The van der Waals surface area contributed by atoms with Crippen LogP contribution in [0.15, 0.2) is 76.1 Å². The van der Waals surface area contributed by atoms with Gasteiger partial charge in [0.2, 0.25) is 0 Å². The van der Waals surface area contributed by atoms with Crippen LogP contribution in [0.2, 0.25) is 0 Å². The predicted octanol–water partition coefficient (Wildman–Crippen LogP) is 6.36. The third kappa shape index (κ3) is 6.32. The van der Waals surface area contributed by atoms with Crippen LogP contribution in [-0.4, -0.2) is 34.1 Å². The average molecular weight is 569 g/mol. The van der Waals surface area contributed by atoms with Gasteiger partial charge in [0.25, 0.3) is 16.8 Å². The highest BCUT2D eigenvalue weighted by Crippen LogP contribution is 2.35. The van der Waals surface area contributed by atoms with Gasteiger partial charge in [-0.25, -0.2) is 0 Å². The summed E-state index contributed by atoms with van der Waals surface area (Å²) >= 11 is 4.30. The van der Waals surface area contributed by atoms with Crippen molar-refractivity contribution in [2.75, 3.05) is 13.2 Å². The molecule has 184 valence electrons. The summed E-state index contributed by atoms with van der Waals surface area (Å²) in [7, 11) is 0. The molecule has 0 saturated carbocycles. The maximum absolute atomic E-state index is 12.9. The van der Waals surface area contributed by atoms with Gasteiger partial charge < -0.3 is 9.47 Å². The van der Waals surface area contributed by atoms with Gasteiger partial charge >= 0.3 is 0 Å². The second-order valence-electron chi connectivity index (χ2n) is 7.89. The van der Waals surface area contributed by atoms with E-state index in [-0.39, 0.29) is 41.5 Å². The number of benzene rings is 3. The molecule has 2 amide bonds. The van der Waals surface area contributed by atoms with Crippen molar-refractivity contribution in [3.8, 4) is 11.5 Å². The van der Waals surface area contributed by atoms with E-state index < -0.39 is 4.92 Å². The van der Waals surface area contributed by atoms with E-state index >= 15 is 0 Å². The number of nitro groups is 1. The Hall–Kier alpha value is -3.63. The maximum atomic E-state index is 12.9. The number of hydrogen-bond donors (Lipinski definition) is 0. The molecule has 1 fully saturated rings. The smallest absolute Gasteiger partial charge is 0.293 e. The van der Waals surface area contributed by atoms with Gasteiger partial charge in [-0.15, -0.1) is 0 Å². The lowest BCUT2D eigenvalue weighted by Gasteiger charge is -2.13. The van der Waals surface area contributed by atoms with Gasteiger partial charge in [0.1, 0.15) is 24.7 Å². The molecule has 0 bridgehead atoms. The fourth-order valence-corrected chi connectivity index (χ4v) is 4.60. The van der Waals surface area contributed by atoms with Gasteiger partial charge in [-0.3, -0.25) is 24.6 Å². The van der Waals surface area contributed by atoms with E-state index in [1.807, 2.05) is 31.2 Å². The van der Waals surface area contributed by atoms with Crippen molar-refractivity contribution >= 4 is 50.6 Å². The molecule has 3 aromatic carbocycles. The molecule has 10 heteroatoms. The van der Waals surface area contributed by atoms with Crippen molar-refractivity contribution in [2.24, 2.45) is 0 Å². The van der Waals surface area contributed by atoms with E-state index in [9.17, 15) is 19.7 Å². The fourth-order valence-electron chi connectivity index (χ4n) is 3.36. The molecule has 0 aromatic heterocycles. The second kappa shape index (κ2) is 11.4. The van der Waals surface area contributed by atoms with Crippen LogP contribution in [0.5, 0.6) is 11.5 Å². The number of rotatable bonds is 9. The highest BCUT2D eigenvalue weighted by molar-refractivity contribution is 9.10. The lowest BCUT2D eigenvalue weighted by molar-refractivity contribution is -0.384. The third-order valence-corrected chi connectivity index (χ3v) is 6.68. The van der Waals surface area contributed by atoms with Gasteiger partial charge in [-0.1, -0.05) is 33.6 Å². The second-order valence-corrected chi connectivity index (χ2v) is 9.80. The first-order valence-corrected chi connectivity index (χ1v) is 12.5. The van der Waals surface area contributed by atoms with Crippen molar-refractivity contribution in [2.45, 2.75) is 13.5 Å². The molecule has 0 aliphatic carbocycles. The highest BCUT2D eigenvalue weighted by atomic mass is 79.9. The number of amides is 2. The summed E-state index contributed by atoms with van der Waals surface area (Å²) in [6, 6.07) is 19.0. The topological polar surface area (TPSA) is 99.0 Å². The Morgan fingerprint density at radius 2 is 1.75 bits per heavy atom. The zero-order valence-electron chi connectivity index (χ0n) is 19.2. The van der Waals surface area contributed by atoms with Crippen molar-refractivity contribution in [3.63, 3.8) is 0 Å². The largest absolute Gasteiger partial charge is 0.492 e. The molecule has 3 aromatic rings. The number of ether oxygens (including phenoxy) is 2. The standard InChI is InChI=1S/C26H21BrN2O6S/c1-17-2-9-22(10-3-17)34-13-12-28-25(30)24(36-26(28)31)15-19-14-20(27)6-11-23(19)35-16-18-4-7-21(8-5-18)29(32)33/h2-11,14-15H,12-13,16H2,1H3/b24-15-. The Morgan fingerprint density at radius 3 is 2.44 bits per heavy atom. The van der Waals surface area contributed by atoms with Crippen LogP contribution in [0.4, 0.5) is 10.5 Å². The predicted molar refractivity (Wildman–Crippen MR) is 141 cm³/mol. The summed E-state index contributed by atoms with van der Waals surface area (Å²) in [5.41, 5.74) is 2.49. The summed E-state index contributed by atoms with van der Waals surface area (Å²) in [6.07, 6.45) is 1.63. The number of halogens is 1. The Morgan fingerprint density at radius 1 is 1.03 bits per heavy atom. The molecule has 1 aliphatic rings. The molecule has 0 N–H and O–H groups in total. The zero-order chi connectivity index (χ0) is 25.7. The number of non-ortho nitro benzene ring substituents is 1. The van der Waals surface area contributed by atoms with E-state index in [0.29, 0.717) is 17.1 Å². The Labute approximate surface area is 220 Å². The van der Waals surface area contributed by atoms with Gasteiger partial charge in [-0.05, 0) is 72.8 Å². The van der Waals surface area contributed by atoms with Gasteiger partial charge in [0.05, 0.1) is 16.4 Å². The van der Waals surface area contributed by atoms with Crippen LogP contribution in [0.1, 0.15) is 16.7 Å². The molecule has 36 heavy (non-hydrogen) atoms. The summed E-state index contributed by atoms with van der Waals surface area (Å²) < 4.78 is 12.4. The number of thioether (sulfide) groups is 1. The minimum Gasteiger partial charge on any atom is -0.492 e. The molecule has 0 atom stereocenters. The van der Waals surface area contributed by atoms with Crippen LogP contribution < -0.4 is 9.47 Å². The number of aryl methyl sites for hydroxylation is 1. The van der Waals surface area contributed by atoms with Gasteiger partial charge in [-0.2, -0.15) is 0 Å². The van der Waals surface area contributed by atoms with Crippen LogP contribution in [0.3, 0.4) is 0 Å². The molecule has 8 nitrogen and oxygen atoms in total. The number of carbonyl (C=O) groups excluding carboxylic acids is 2. The summed E-state index contributed by atoms with van der Waals surface area (Å²) in [5, 5.41) is 10.5. The number of nitro benzene ring substituents is 1. The third-order valence-electron chi connectivity index (χ3n) is 5.28. The van der Waals surface area contributed by atoms with Gasteiger partial charge in [0, 0.05) is 22.2 Å². The van der Waals surface area contributed by atoms with Crippen molar-refractivity contribution < 1.29 is 24.0 Å². The van der Waals surface area contributed by atoms with E-state index in [1.165, 1.54) is 17.0 Å².